The fraction of sp³-hybridized carbons (Fsp3) is 0.923. The van der Waals surface area contributed by atoms with Crippen molar-refractivity contribution in [2.24, 2.45) is 5.41 Å². The molecule has 0 aliphatic heterocycles. The molecule has 0 aromatic carbocycles. The van der Waals surface area contributed by atoms with Crippen LogP contribution < -0.4 is 10.6 Å². The van der Waals surface area contributed by atoms with Crippen LogP contribution in [0, 0.1) is 5.41 Å². The number of carbonyl (C=O) groups excluding carboxylic acids is 1. The Morgan fingerprint density at radius 3 is 2.44 bits per heavy atom. The number of hydrogen-bond donors (Lipinski definition) is 2. The first-order valence-corrected chi connectivity index (χ1v) is 6.29. The Morgan fingerprint density at radius 1 is 1.31 bits per heavy atom. The second kappa shape index (κ2) is 7.66. The zero-order valence-electron chi connectivity index (χ0n) is 11.5. The SMILES string of the molecule is CNCCCC(=O)NC(C)CCC(C)(C)C. The molecule has 3 heteroatoms. The minimum Gasteiger partial charge on any atom is -0.354 e. The molecule has 1 amide bonds. The molecule has 0 aromatic heterocycles. The van der Waals surface area contributed by atoms with Gasteiger partial charge >= 0.3 is 0 Å². The molecule has 0 bridgehead atoms. The van der Waals surface area contributed by atoms with Crippen molar-refractivity contribution in [2.45, 2.75) is 59.4 Å². The van der Waals surface area contributed by atoms with E-state index in [1.165, 1.54) is 0 Å². The third kappa shape index (κ3) is 9.97. The molecule has 0 radical (unpaired) electrons. The van der Waals surface area contributed by atoms with E-state index in [0.717, 1.165) is 25.8 Å². The van der Waals surface area contributed by atoms with Gasteiger partial charge in [0.25, 0.3) is 0 Å². The van der Waals surface area contributed by atoms with Crippen LogP contribution in [0.25, 0.3) is 0 Å². The van der Waals surface area contributed by atoms with Crippen molar-refractivity contribution in [3.63, 3.8) is 0 Å². The molecule has 0 spiro atoms. The second-order valence-electron chi connectivity index (χ2n) is 5.78. The summed E-state index contributed by atoms with van der Waals surface area (Å²) in [4.78, 5) is 11.5. The molecular weight excluding hydrogens is 200 g/mol. The van der Waals surface area contributed by atoms with E-state index < -0.39 is 0 Å². The molecular formula is C13H28N2O. The molecule has 16 heavy (non-hydrogen) atoms. The third-order valence-corrected chi connectivity index (χ3v) is 2.57. The van der Waals surface area contributed by atoms with E-state index in [9.17, 15) is 4.79 Å². The summed E-state index contributed by atoms with van der Waals surface area (Å²) in [6.45, 7) is 9.68. The van der Waals surface area contributed by atoms with Crippen molar-refractivity contribution >= 4 is 5.91 Å². The lowest BCUT2D eigenvalue weighted by Gasteiger charge is -2.21. The van der Waals surface area contributed by atoms with E-state index in [1.807, 2.05) is 7.05 Å². The summed E-state index contributed by atoms with van der Waals surface area (Å²) in [5, 5.41) is 6.09. The van der Waals surface area contributed by atoms with Crippen LogP contribution in [-0.4, -0.2) is 25.5 Å². The molecule has 2 N–H and O–H groups in total. The van der Waals surface area contributed by atoms with Crippen molar-refractivity contribution in [3.8, 4) is 0 Å². The zero-order chi connectivity index (χ0) is 12.6. The number of hydrogen-bond acceptors (Lipinski definition) is 2. The Hall–Kier alpha value is -0.570. The van der Waals surface area contributed by atoms with Crippen molar-refractivity contribution in [2.75, 3.05) is 13.6 Å². The summed E-state index contributed by atoms with van der Waals surface area (Å²) < 4.78 is 0. The quantitative estimate of drug-likeness (QED) is 0.657. The summed E-state index contributed by atoms with van der Waals surface area (Å²) in [6, 6.07) is 0.293. The van der Waals surface area contributed by atoms with Gasteiger partial charge in [0, 0.05) is 12.5 Å². The van der Waals surface area contributed by atoms with Gasteiger partial charge < -0.3 is 10.6 Å². The van der Waals surface area contributed by atoms with E-state index in [4.69, 9.17) is 0 Å². The largest absolute Gasteiger partial charge is 0.354 e. The minimum absolute atomic E-state index is 0.177. The Morgan fingerprint density at radius 2 is 1.94 bits per heavy atom. The van der Waals surface area contributed by atoms with Crippen LogP contribution in [-0.2, 0) is 4.79 Å². The molecule has 0 rings (SSSR count). The van der Waals surface area contributed by atoms with E-state index in [-0.39, 0.29) is 5.91 Å². The van der Waals surface area contributed by atoms with Crippen LogP contribution in [0.2, 0.25) is 0 Å². The highest BCUT2D eigenvalue weighted by Crippen LogP contribution is 2.21. The summed E-state index contributed by atoms with van der Waals surface area (Å²) >= 11 is 0. The molecule has 1 atom stereocenters. The molecule has 0 saturated heterocycles. The predicted octanol–water partition coefficient (Wildman–Crippen LogP) is 2.32. The summed E-state index contributed by atoms with van der Waals surface area (Å²) in [7, 11) is 1.91. The third-order valence-electron chi connectivity index (χ3n) is 2.57. The van der Waals surface area contributed by atoms with Gasteiger partial charge in [0.2, 0.25) is 5.91 Å². The molecule has 96 valence electrons. The zero-order valence-corrected chi connectivity index (χ0v) is 11.5. The van der Waals surface area contributed by atoms with Crippen molar-refractivity contribution in [1.82, 2.24) is 10.6 Å². The fourth-order valence-electron chi connectivity index (χ4n) is 1.49. The van der Waals surface area contributed by atoms with Crippen molar-refractivity contribution < 1.29 is 4.79 Å². The second-order valence-corrected chi connectivity index (χ2v) is 5.78. The van der Waals surface area contributed by atoms with Crippen LogP contribution >= 0.6 is 0 Å². The minimum atomic E-state index is 0.177. The first-order valence-electron chi connectivity index (χ1n) is 6.29. The number of rotatable bonds is 7. The average molecular weight is 228 g/mol. The van der Waals surface area contributed by atoms with Gasteiger partial charge in [-0.05, 0) is 45.2 Å². The average Bonchev–Trinajstić information content (AvgIpc) is 2.14. The topological polar surface area (TPSA) is 41.1 Å². The highest BCUT2D eigenvalue weighted by molar-refractivity contribution is 5.76. The van der Waals surface area contributed by atoms with Crippen molar-refractivity contribution in [3.05, 3.63) is 0 Å². The van der Waals surface area contributed by atoms with Gasteiger partial charge in [0.05, 0.1) is 0 Å². The maximum Gasteiger partial charge on any atom is 0.220 e. The smallest absolute Gasteiger partial charge is 0.220 e. The van der Waals surface area contributed by atoms with Gasteiger partial charge in [0.15, 0.2) is 0 Å². The molecule has 1 unspecified atom stereocenters. The van der Waals surface area contributed by atoms with Gasteiger partial charge in [-0.1, -0.05) is 20.8 Å². The van der Waals surface area contributed by atoms with E-state index in [1.54, 1.807) is 0 Å². The maximum atomic E-state index is 11.5. The van der Waals surface area contributed by atoms with E-state index in [2.05, 4.69) is 38.3 Å². The molecule has 0 aliphatic rings. The normalized spacial score (nSPS) is 13.6. The van der Waals surface area contributed by atoms with Crippen LogP contribution in [0.4, 0.5) is 0 Å². The first kappa shape index (κ1) is 15.4. The maximum absolute atomic E-state index is 11.5. The van der Waals surface area contributed by atoms with Crippen molar-refractivity contribution in [1.29, 1.82) is 0 Å². The van der Waals surface area contributed by atoms with Gasteiger partial charge in [-0.2, -0.15) is 0 Å². The molecule has 3 nitrogen and oxygen atoms in total. The molecule has 0 saturated carbocycles. The Kier molecular flexibility index (Phi) is 7.39. The van der Waals surface area contributed by atoms with Crippen LogP contribution in [0.1, 0.15) is 53.4 Å². The Bertz CT molecular complexity index is 197. The lowest BCUT2D eigenvalue weighted by Crippen LogP contribution is -2.33. The summed E-state index contributed by atoms with van der Waals surface area (Å²) in [6.07, 6.45) is 3.74. The molecule has 0 aromatic rings. The lowest BCUT2D eigenvalue weighted by molar-refractivity contribution is -0.121. The fourth-order valence-corrected chi connectivity index (χ4v) is 1.49. The molecule has 0 heterocycles. The van der Waals surface area contributed by atoms with Gasteiger partial charge in [-0.25, -0.2) is 0 Å². The van der Waals surface area contributed by atoms with Crippen LogP contribution in [0.3, 0.4) is 0 Å². The molecule has 0 fully saturated rings. The summed E-state index contributed by atoms with van der Waals surface area (Å²) in [5.41, 5.74) is 0.352. The van der Waals surface area contributed by atoms with Gasteiger partial charge in [0.1, 0.15) is 0 Å². The Labute approximate surface area is 100 Å². The number of carbonyl (C=O) groups is 1. The highest BCUT2D eigenvalue weighted by atomic mass is 16.1. The van der Waals surface area contributed by atoms with E-state index >= 15 is 0 Å². The number of nitrogens with one attached hydrogen (secondary N) is 2. The summed E-state index contributed by atoms with van der Waals surface area (Å²) in [5.74, 6) is 0.177. The van der Waals surface area contributed by atoms with Gasteiger partial charge in [-0.3, -0.25) is 4.79 Å². The Balaban J connectivity index is 3.62. The number of amides is 1. The first-order chi connectivity index (χ1) is 7.35. The van der Waals surface area contributed by atoms with Crippen LogP contribution in [0.5, 0.6) is 0 Å². The predicted molar refractivity (Wildman–Crippen MR) is 69.5 cm³/mol. The van der Waals surface area contributed by atoms with E-state index in [0.29, 0.717) is 17.9 Å². The monoisotopic (exact) mass is 228 g/mol. The molecule has 0 aliphatic carbocycles. The lowest BCUT2D eigenvalue weighted by atomic mass is 9.89. The highest BCUT2D eigenvalue weighted by Gasteiger charge is 2.13. The standard InChI is InChI=1S/C13H28N2O/c1-11(8-9-13(2,3)4)15-12(16)7-6-10-14-5/h11,14H,6-10H2,1-5H3,(H,15,16). The van der Waals surface area contributed by atoms with Crippen LogP contribution in [0.15, 0.2) is 0 Å². The van der Waals surface area contributed by atoms with Gasteiger partial charge in [-0.15, -0.1) is 0 Å².